The molecule has 16 heavy (non-hydrogen) atoms. The molecule has 1 unspecified atom stereocenters. The molecule has 5 heteroatoms. The Morgan fingerprint density at radius 2 is 2.12 bits per heavy atom. The van der Waals surface area contributed by atoms with Crippen molar-refractivity contribution in [2.24, 2.45) is 0 Å². The van der Waals surface area contributed by atoms with Crippen molar-refractivity contribution in [3.05, 3.63) is 11.6 Å². The van der Waals surface area contributed by atoms with E-state index in [2.05, 4.69) is 10.2 Å². The highest BCUT2D eigenvalue weighted by atomic mass is 16.2. The minimum Gasteiger partial charge on any atom is -0.341 e. The molecule has 0 spiro atoms. The molecule has 0 saturated heterocycles. The zero-order valence-corrected chi connectivity index (χ0v) is 10.1. The third kappa shape index (κ3) is 1.60. The lowest BCUT2D eigenvalue weighted by molar-refractivity contribution is -0.134. The molecule has 1 aromatic rings. The number of hydrogen-bond donors (Lipinski definition) is 0. The number of fused-ring (bicyclic) bond motifs is 1. The first-order valence-corrected chi connectivity index (χ1v) is 5.88. The number of nitrogens with zero attached hydrogens (tertiary/aromatic N) is 4. The molecule has 1 atom stereocenters. The van der Waals surface area contributed by atoms with Crippen LogP contribution < -0.4 is 0 Å². The third-order valence-electron chi connectivity index (χ3n) is 3.22. The zero-order valence-electron chi connectivity index (χ0n) is 10.1. The molecule has 2 rings (SSSR count). The van der Waals surface area contributed by atoms with Gasteiger partial charge in [-0.05, 0) is 20.3 Å². The van der Waals surface area contributed by atoms with Crippen LogP contribution in [0.3, 0.4) is 0 Å². The van der Waals surface area contributed by atoms with Crippen LogP contribution in [-0.2, 0) is 11.2 Å². The minimum absolute atomic E-state index is 0.118. The average Bonchev–Trinajstić information content (AvgIpc) is 2.58. The molecule has 0 saturated carbocycles. The maximum atomic E-state index is 12.3. The van der Waals surface area contributed by atoms with Crippen LogP contribution in [0.25, 0.3) is 0 Å². The van der Waals surface area contributed by atoms with E-state index in [-0.39, 0.29) is 11.9 Å². The van der Waals surface area contributed by atoms with Crippen molar-refractivity contribution >= 4 is 5.91 Å². The van der Waals surface area contributed by atoms with E-state index in [0.717, 1.165) is 37.6 Å². The summed E-state index contributed by atoms with van der Waals surface area (Å²) in [5.74, 6) is 1.98. The van der Waals surface area contributed by atoms with E-state index in [1.165, 1.54) is 0 Å². The first kappa shape index (κ1) is 11.1. The van der Waals surface area contributed by atoms with Gasteiger partial charge >= 0.3 is 0 Å². The predicted octanol–water partition coefficient (Wildman–Crippen LogP) is 0.942. The Hall–Kier alpha value is -1.39. The number of hydrogen-bond acceptors (Lipinski definition) is 3. The maximum Gasteiger partial charge on any atom is 0.245 e. The van der Waals surface area contributed by atoms with Gasteiger partial charge in [0.05, 0.1) is 0 Å². The van der Waals surface area contributed by atoms with E-state index in [1.54, 1.807) is 0 Å². The summed E-state index contributed by atoms with van der Waals surface area (Å²) in [5, 5.41) is 8.22. The molecule has 0 aliphatic carbocycles. The van der Waals surface area contributed by atoms with E-state index >= 15 is 0 Å². The number of aryl methyl sites for hydroxylation is 1. The lowest BCUT2D eigenvalue weighted by Gasteiger charge is -2.23. The van der Waals surface area contributed by atoms with Gasteiger partial charge in [-0.25, -0.2) is 0 Å². The van der Waals surface area contributed by atoms with Crippen molar-refractivity contribution < 1.29 is 4.79 Å². The van der Waals surface area contributed by atoms with Crippen LogP contribution in [0, 0.1) is 6.92 Å². The number of rotatable bonds is 2. The molecule has 0 bridgehead atoms. The van der Waals surface area contributed by atoms with E-state index in [1.807, 2.05) is 30.2 Å². The standard InChI is InChI=1S/C11H18N4O/c1-4-9-11(16)14(5-2)7-6-10-13-12-8(3)15(9)10/h9H,4-7H2,1-3H3. The van der Waals surface area contributed by atoms with Gasteiger partial charge in [-0.1, -0.05) is 6.92 Å². The lowest BCUT2D eigenvalue weighted by atomic mass is 10.2. The molecule has 88 valence electrons. The van der Waals surface area contributed by atoms with Gasteiger partial charge in [-0.3, -0.25) is 4.79 Å². The molecular formula is C11H18N4O. The van der Waals surface area contributed by atoms with Crippen LogP contribution in [0.5, 0.6) is 0 Å². The van der Waals surface area contributed by atoms with Gasteiger partial charge in [0, 0.05) is 19.5 Å². The first-order valence-electron chi connectivity index (χ1n) is 5.88. The fourth-order valence-corrected chi connectivity index (χ4v) is 2.33. The van der Waals surface area contributed by atoms with Gasteiger partial charge in [0.15, 0.2) is 0 Å². The Labute approximate surface area is 95.5 Å². The summed E-state index contributed by atoms with van der Waals surface area (Å²) in [6, 6.07) is -0.118. The Bertz CT molecular complexity index is 399. The van der Waals surface area contributed by atoms with Gasteiger partial charge in [0.1, 0.15) is 17.7 Å². The van der Waals surface area contributed by atoms with Crippen molar-refractivity contribution in [3.8, 4) is 0 Å². The SMILES string of the molecule is CCC1C(=O)N(CC)CCc2nnc(C)n21. The van der Waals surface area contributed by atoms with Gasteiger partial charge in [0.2, 0.25) is 5.91 Å². The molecule has 1 aliphatic rings. The number of amides is 1. The van der Waals surface area contributed by atoms with Crippen molar-refractivity contribution in [1.82, 2.24) is 19.7 Å². The van der Waals surface area contributed by atoms with Crippen molar-refractivity contribution in [1.29, 1.82) is 0 Å². The molecule has 0 radical (unpaired) electrons. The van der Waals surface area contributed by atoms with Crippen molar-refractivity contribution in [2.45, 2.75) is 39.7 Å². The summed E-state index contributed by atoms with van der Waals surface area (Å²) in [6.45, 7) is 7.49. The quantitative estimate of drug-likeness (QED) is 0.748. The number of carbonyl (C=O) groups is 1. The summed E-state index contributed by atoms with van der Waals surface area (Å²) in [4.78, 5) is 14.2. The number of likely N-dealkylation sites (N-methyl/N-ethyl adjacent to an activating group) is 1. The van der Waals surface area contributed by atoms with Gasteiger partial charge in [-0.2, -0.15) is 0 Å². The smallest absolute Gasteiger partial charge is 0.245 e. The molecule has 1 amide bonds. The van der Waals surface area contributed by atoms with Crippen LogP contribution >= 0.6 is 0 Å². The second kappa shape index (κ2) is 4.23. The maximum absolute atomic E-state index is 12.3. The fraction of sp³-hybridized carbons (Fsp3) is 0.727. The third-order valence-corrected chi connectivity index (χ3v) is 3.22. The minimum atomic E-state index is -0.118. The molecule has 5 nitrogen and oxygen atoms in total. The largest absolute Gasteiger partial charge is 0.341 e. The topological polar surface area (TPSA) is 51.0 Å². The van der Waals surface area contributed by atoms with E-state index in [9.17, 15) is 4.79 Å². The molecule has 2 heterocycles. The van der Waals surface area contributed by atoms with Gasteiger partial charge in [-0.15, -0.1) is 10.2 Å². The second-order valence-corrected chi connectivity index (χ2v) is 4.13. The Morgan fingerprint density at radius 1 is 1.38 bits per heavy atom. The molecule has 0 aromatic carbocycles. The highest BCUT2D eigenvalue weighted by molar-refractivity contribution is 5.81. The van der Waals surface area contributed by atoms with Crippen LogP contribution in [-0.4, -0.2) is 38.7 Å². The molecule has 1 aromatic heterocycles. The first-order chi connectivity index (χ1) is 7.69. The van der Waals surface area contributed by atoms with Crippen LogP contribution in [0.4, 0.5) is 0 Å². The zero-order chi connectivity index (χ0) is 11.7. The lowest BCUT2D eigenvalue weighted by Crippen LogP contribution is -2.36. The molecule has 0 fully saturated rings. The van der Waals surface area contributed by atoms with E-state index in [4.69, 9.17) is 0 Å². The van der Waals surface area contributed by atoms with Gasteiger partial charge in [0.25, 0.3) is 0 Å². The van der Waals surface area contributed by atoms with Gasteiger partial charge < -0.3 is 9.47 Å². The second-order valence-electron chi connectivity index (χ2n) is 4.13. The summed E-state index contributed by atoms with van der Waals surface area (Å²) >= 11 is 0. The number of carbonyl (C=O) groups excluding carboxylic acids is 1. The van der Waals surface area contributed by atoms with Crippen LogP contribution in [0.15, 0.2) is 0 Å². The summed E-state index contributed by atoms with van der Waals surface area (Å²) in [5.41, 5.74) is 0. The fourth-order valence-electron chi connectivity index (χ4n) is 2.33. The Kier molecular flexibility index (Phi) is 2.94. The van der Waals surface area contributed by atoms with Crippen molar-refractivity contribution in [3.63, 3.8) is 0 Å². The van der Waals surface area contributed by atoms with Crippen LogP contribution in [0.1, 0.15) is 38.0 Å². The van der Waals surface area contributed by atoms with Crippen molar-refractivity contribution in [2.75, 3.05) is 13.1 Å². The Morgan fingerprint density at radius 3 is 2.75 bits per heavy atom. The highest BCUT2D eigenvalue weighted by Crippen LogP contribution is 2.22. The summed E-state index contributed by atoms with van der Waals surface area (Å²) < 4.78 is 2.00. The number of aromatic nitrogens is 3. The predicted molar refractivity (Wildman–Crippen MR) is 60.0 cm³/mol. The molecule has 1 aliphatic heterocycles. The summed E-state index contributed by atoms with van der Waals surface area (Å²) in [7, 11) is 0. The molecular weight excluding hydrogens is 204 g/mol. The van der Waals surface area contributed by atoms with Crippen LogP contribution in [0.2, 0.25) is 0 Å². The Balaban J connectivity index is 2.43. The monoisotopic (exact) mass is 222 g/mol. The van der Waals surface area contributed by atoms with E-state index < -0.39 is 0 Å². The normalized spacial score (nSPS) is 20.8. The molecule has 0 N–H and O–H groups in total. The highest BCUT2D eigenvalue weighted by Gasteiger charge is 2.30. The summed E-state index contributed by atoms with van der Waals surface area (Å²) in [6.07, 6.45) is 1.60. The van der Waals surface area contributed by atoms with E-state index in [0.29, 0.717) is 0 Å². The average molecular weight is 222 g/mol.